The normalized spacial score (nSPS) is 15.2. The number of nitriles is 1. The molecule has 9 heteroatoms. The third-order valence-corrected chi connectivity index (χ3v) is 6.61. The van der Waals surface area contributed by atoms with Crippen LogP contribution < -0.4 is 9.64 Å². The van der Waals surface area contributed by atoms with Crippen LogP contribution in [-0.2, 0) is 16.4 Å². The second kappa shape index (κ2) is 9.90. The second-order valence-corrected chi connectivity index (χ2v) is 8.58. The fourth-order valence-electron chi connectivity index (χ4n) is 4.66. The van der Waals surface area contributed by atoms with Gasteiger partial charge in [0.1, 0.15) is 6.07 Å². The highest BCUT2D eigenvalue weighted by Crippen LogP contribution is 2.40. The van der Waals surface area contributed by atoms with Crippen molar-refractivity contribution in [2.75, 3.05) is 24.6 Å². The van der Waals surface area contributed by atoms with Gasteiger partial charge in [-0.2, -0.15) is 18.4 Å². The van der Waals surface area contributed by atoms with Gasteiger partial charge in [-0.3, -0.25) is 4.79 Å². The van der Waals surface area contributed by atoms with Crippen molar-refractivity contribution in [1.29, 1.82) is 5.26 Å². The first-order valence-electron chi connectivity index (χ1n) is 11.5. The van der Waals surface area contributed by atoms with Crippen LogP contribution >= 0.6 is 0 Å². The average molecular weight is 496 g/mol. The van der Waals surface area contributed by atoms with Gasteiger partial charge in [-0.25, -0.2) is 4.98 Å². The molecule has 2 aromatic carbocycles. The van der Waals surface area contributed by atoms with Gasteiger partial charge in [-0.15, -0.1) is 0 Å². The largest absolute Gasteiger partial charge is 0.481 e. The summed E-state index contributed by atoms with van der Waals surface area (Å²) in [5, 5.41) is 19.6. The SMILES string of the molecule is CCOc1ncccc1-c1ccc(C2(C(=O)O)CCN(c3ccc(C(F)(F)F)cc3C#N)CC2)cc1. The lowest BCUT2D eigenvalue weighted by Crippen LogP contribution is -2.47. The Labute approximate surface area is 206 Å². The molecule has 0 radical (unpaired) electrons. The van der Waals surface area contributed by atoms with Gasteiger partial charge >= 0.3 is 12.1 Å². The Morgan fingerprint density at radius 3 is 2.44 bits per heavy atom. The molecule has 0 saturated carbocycles. The van der Waals surface area contributed by atoms with Crippen LogP contribution in [-0.4, -0.2) is 35.8 Å². The Morgan fingerprint density at radius 1 is 1.17 bits per heavy atom. The number of hydrogen-bond donors (Lipinski definition) is 1. The van der Waals surface area contributed by atoms with Crippen molar-refractivity contribution in [1.82, 2.24) is 4.98 Å². The number of rotatable bonds is 6. The van der Waals surface area contributed by atoms with Gasteiger partial charge in [-0.05, 0) is 61.2 Å². The van der Waals surface area contributed by atoms with Gasteiger partial charge in [0.05, 0.1) is 28.8 Å². The number of pyridine rings is 1. The van der Waals surface area contributed by atoms with Crippen LogP contribution in [0.25, 0.3) is 11.1 Å². The minimum absolute atomic E-state index is 0.0847. The lowest BCUT2D eigenvalue weighted by Gasteiger charge is -2.40. The molecule has 0 unspecified atom stereocenters. The Hall–Kier alpha value is -4.06. The Bertz CT molecular complexity index is 1290. The van der Waals surface area contributed by atoms with E-state index < -0.39 is 23.1 Å². The minimum atomic E-state index is -4.55. The number of carboxylic acids is 1. The van der Waals surface area contributed by atoms with Crippen molar-refractivity contribution in [2.24, 2.45) is 0 Å². The van der Waals surface area contributed by atoms with Crippen LogP contribution in [0.2, 0.25) is 0 Å². The third-order valence-electron chi connectivity index (χ3n) is 6.61. The van der Waals surface area contributed by atoms with E-state index in [0.29, 0.717) is 23.7 Å². The number of aromatic nitrogens is 1. The van der Waals surface area contributed by atoms with Gasteiger partial charge in [-0.1, -0.05) is 24.3 Å². The summed E-state index contributed by atoms with van der Waals surface area (Å²) in [4.78, 5) is 18.5. The van der Waals surface area contributed by atoms with Crippen LogP contribution in [0.4, 0.5) is 18.9 Å². The lowest BCUT2D eigenvalue weighted by atomic mass is 9.72. The zero-order chi connectivity index (χ0) is 25.9. The lowest BCUT2D eigenvalue weighted by molar-refractivity contribution is -0.144. The molecular formula is C27H24F3N3O3. The molecule has 1 fully saturated rings. The van der Waals surface area contributed by atoms with Crippen molar-refractivity contribution >= 4 is 11.7 Å². The van der Waals surface area contributed by atoms with Crippen molar-refractivity contribution in [2.45, 2.75) is 31.4 Å². The number of carboxylic acid groups (broad SMARTS) is 1. The van der Waals surface area contributed by atoms with Crippen molar-refractivity contribution in [3.05, 3.63) is 77.5 Å². The summed E-state index contributed by atoms with van der Waals surface area (Å²) in [7, 11) is 0. The molecule has 1 saturated heterocycles. The molecule has 186 valence electrons. The predicted molar refractivity (Wildman–Crippen MR) is 128 cm³/mol. The second-order valence-electron chi connectivity index (χ2n) is 8.58. The molecule has 1 aromatic heterocycles. The van der Waals surface area contributed by atoms with E-state index >= 15 is 0 Å². The summed E-state index contributed by atoms with van der Waals surface area (Å²) < 4.78 is 44.8. The maximum atomic E-state index is 13.1. The number of benzene rings is 2. The van der Waals surface area contributed by atoms with Gasteiger partial charge in [0, 0.05) is 24.8 Å². The number of halogens is 3. The van der Waals surface area contributed by atoms with Gasteiger partial charge in [0.25, 0.3) is 0 Å². The Balaban J connectivity index is 1.58. The number of ether oxygens (including phenoxy) is 1. The number of alkyl halides is 3. The van der Waals surface area contributed by atoms with Crippen molar-refractivity contribution in [3.8, 4) is 23.1 Å². The monoisotopic (exact) mass is 495 g/mol. The minimum Gasteiger partial charge on any atom is -0.481 e. The van der Waals surface area contributed by atoms with E-state index in [-0.39, 0.29) is 31.5 Å². The number of hydrogen-bond acceptors (Lipinski definition) is 5. The quantitative estimate of drug-likeness (QED) is 0.475. The van der Waals surface area contributed by atoms with Crippen LogP contribution in [0, 0.1) is 11.3 Å². The maximum Gasteiger partial charge on any atom is 0.416 e. The molecule has 1 N–H and O–H groups in total. The number of anilines is 1. The first kappa shape index (κ1) is 25.0. The number of aliphatic carboxylic acids is 1. The fraction of sp³-hybridized carbons (Fsp3) is 0.296. The number of nitrogens with zero attached hydrogens (tertiary/aromatic N) is 3. The van der Waals surface area contributed by atoms with E-state index in [4.69, 9.17) is 4.74 Å². The molecule has 4 rings (SSSR count). The molecule has 3 aromatic rings. The Kier molecular flexibility index (Phi) is 6.88. The Morgan fingerprint density at radius 2 is 1.86 bits per heavy atom. The standard InChI is InChI=1S/C27H24F3N3O3/c1-2-36-24-22(4-3-13-32-24)18-5-7-20(8-6-18)26(25(34)35)11-14-33(15-12-26)23-10-9-21(27(28,29)30)16-19(23)17-31/h3-10,13,16H,2,11-12,14-15H2,1H3,(H,34,35). The third kappa shape index (κ3) is 4.71. The van der Waals surface area contributed by atoms with Gasteiger partial charge in [0.2, 0.25) is 5.88 Å². The highest BCUT2D eigenvalue weighted by atomic mass is 19.4. The maximum absolute atomic E-state index is 13.1. The molecule has 1 aliphatic heterocycles. The highest BCUT2D eigenvalue weighted by molar-refractivity contribution is 5.82. The van der Waals surface area contributed by atoms with E-state index in [0.717, 1.165) is 23.3 Å². The molecule has 0 aliphatic carbocycles. The molecule has 0 amide bonds. The predicted octanol–water partition coefficient (Wildman–Crippen LogP) is 5.66. The van der Waals surface area contributed by atoms with Crippen LogP contribution in [0.1, 0.15) is 36.5 Å². The number of piperidine rings is 1. The zero-order valence-corrected chi connectivity index (χ0v) is 19.5. The highest BCUT2D eigenvalue weighted by Gasteiger charge is 2.43. The van der Waals surface area contributed by atoms with Gasteiger partial charge < -0.3 is 14.7 Å². The molecule has 2 heterocycles. The van der Waals surface area contributed by atoms with E-state index in [9.17, 15) is 28.3 Å². The average Bonchev–Trinajstić information content (AvgIpc) is 2.88. The molecule has 0 atom stereocenters. The topological polar surface area (TPSA) is 86.5 Å². The molecule has 6 nitrogen and oxygen atoms in total. The first-order valence-corrected chi connectivity index (χ1v) is 11.5. The van der Waals surface area contributed by atoms with E-state index in [1.54, 1.807) is 29.3 Å². The number of carbonyl (C=O) groups is 1. The first-order chi connectivity index (χ1) is 17.2. The summed E-state index contributed by atoms with van der Waals surface area (Å²) >= 11 is 0. The van der Waals surface area contributed by atoms with Gasteiger partial charge in [0.15, 0.2) is 0 Å². The van der Waals surface area contributed by atoms with Crippen molar-refractivity contribution < 1.29 is 27.8 Å². The summed E-state index contributed by atoms with van der Waals surface area (Å²) in [6, 6.07) is 15.9. The van der Waals surface area contributed by atoms with E-state index in [1.807, 2.05) is 31.2 Å². The molecule has 36 heavy (non-hydrogen) atoms. The summed E-state index contributed by atoms with van der Waals surface area (Å²) in [5.74, 6) is -0.460. The zero-order valence-electron chi connectivity index (χ0n) is 19.5. The molecule has 0 bridgehead atoms. The van der Waals surface area contributed by atoms with Crippen LogP contribution in [0.15, 0.2) is 60.8 Å². The van der Waals surface area contributed by atoms with E-state index in [1.165, 1.54) is 6.07 Å². The smallest absolute Gasteiger partial charge is 0.416 e. The molecular weight excluding hydrogens is 471 g/mol. The summed E-state index contributed by atoms with van der Waals surface area (Å²) in [6.45, 7) is 2.90. The van der Waals surface area contributed by atoms with Crippen LogP contribution in [0.3, 0.4) is 0 Å². The molecule has 1 aliphatic rings. The summed E-state index contributed by atoms with van der Waals surface area (Å²) in [5.41, 5.74) is 0.548. The van der Waals surface area contributed by atoms with E-state index in [2.05, 4.69) is 4.98 Å². The van der Waals surface area contributed by atoms with Crippen LogP contribution in [0.5, 0.6) is 5.88 Å². The fourth-order valence-corrected chi connectivity index (χ4v) is 4.66. The van der Waals surface area contributed by atoms with Crippen molar-refractivity contribution in [3.63, 3.8) is 0 Å². The molecule has 0 spiro atoms. The summed E-state index contributed by atoms with van der Waals surface area (Å²) in [6.07, 6.45) is -2.42.